The Hall–Kier alpha value is -0.120. The minimum atomic E-state index is 0.747. The second-order valence-corrected chi connectivity index (χ2v) is 6.40. The van der Waals surface area contributed by atoms with Crippen molar-refractivity contribution in [1.29, 1.82) is 0 Å². The molecule has 0 aromatic heterocycles. The van der Waals surface area contributed by atoms with Gasteiger partial charge in [-0.15, -0.1) is 0 Å². The van der Waals surface area contributed by atoms with Crippen LogP contribution in [0.25, 0.3) is 0 Å². The number of hydrogen-bond acceptors (Lipinski definition) is 3. The van der Waals surface area contributed by atoms with Gasteiger partial charge in [-0.25, -0.2) is 0 Å². The Kier molecular flexibility index (Phi) is 16.2. The van der Waals surface area contributed by atoms with Crippen molar-refractivity contribution in [2.75, 3.05) is 26.7 Å². The van der Waals surface area contributed by atoms with Gasteiger partial charge in [-0.3, -0.25) is 0 Å². The fourth-order valence-electron chi connectivity index (χ4n) is 2.90. The van der Waals surface area contributed by atoms with Crippen molar-refractivity contribution in [3.05, 3.63) is 0 Å². The van der Waals surface area contributed by atoms with E-state index in [2.05, 4.69) is 24.5 Å². The zero-order chi connectivity index (χ0) is 15.8. The van der Waals surface area contributed by atoms with E-state index in [0.717, 1.165) is 31.6 Å². The third-order valence-electron chi connectivity index (χ3n) is 4.49. The first-order valence-corrected chi connectivity index (χ1v) is 9.36. The molecule has 1 unspecified atom stereocenters. The Labute approximate surface area is 133 Å². The van der Waals surface area contributed by atoms with Gasteiger partial charge in [0.25, 0.3) is 0 Å². The normalized spacial score (nSPS) is 17.1. The standard InChI is InChI=1S/C11H26N2.C7H15N/c1-4-6-8-11(5-2)13-10-7-9-12-3;8-6-7-4-2-1-3-5-7/h11-13H,4-10H2,1-3H3;7H,1-6,8H2. The molecule has 3 heteroatoms. The average Bonchev–Trinajstić information content (AvgIpc) is 2.55. The van der Waals surface area contributed by atoms with Crippen LogP contribution in [-0.2, 0) is 0 Å². The van der Waals surface area contributed by atoms with Crippen molar-refractivity contribution in [3.8, 4) is 0 Å². The van der Waals surface area contributed by atoms with Crippen molar-refractivity contribution < 1.29 is 0 Å². The highest BCUT2D eigenvalue weighted by molar-refractivity contribution is 4.65. The van der Waals surface area contributed by atoms with Crippen LogP contribution in [0.15, 0.2) is 0 Å². The van der Waals surface area contributed by atoms with Crippen LogP contribution in [0.3, 0.4) is 0 Å². The molecule has 0 aromatic rings. The van der Waals surface area contributed by atoms with Gasteiger partial charge in [-0.2, -0.15) is 0 Å². The van der Waals surface area contributed by atoms with E-state index in [1.807, 2.05) is 7.05 Å². The predicted molar refractivity (Wildman–Crippen MR) is 95.8 cm³/mol. The zero-order valence-corrected chi connectivity index (χ0v) is 14.9. The molecular formula is C18H41N3. The Bertz CT molecular complexity index is 191. The van der Waals surface area contributed by atoms with Gasteiger partial charge in [0, 0.05) is 6.04 Å². The molecule has 0 bridgehead atoms. The quantitative estimate of drug-likeness (QED) is 0.539. The van der Waals surface area contributed by atoms with Gasteiger partial charge in [0.1, 0.15) is 0 Å². The molecule has 1 saturated carbocycles. The SMILES string of the molecule is CCCCC(CC)NCCCNC.NCC1CCCCC1. The largest absolute Gasteiger partial charge is 0.330 e. The van der Waals surface area contributed by atoms with Gasteiger partial charge < -0.3 is 16.4 Å². The summed E-state index contributed by atoms with van der Waals surface area (Å²) < 4.78 is 0. The van der Waals surface area contributed by atoms with Crippen molar-refractivity contribution in [1.82, 2.24) is 10.6 Å². The molecular weight excluding hydrogens is 258 g/mol. The summed E-state index contributed by atoms with van der Waals surface area (Å²) in [5.74, 6) is 0.865. The summed E-state index contributed by atoms with van der Waals surface area (Å²) in [7, 11) is 2.01. The van der Waals surface area contributed by atoms with E-state index in [1.54, 1.807) is 0 Å². The van der Waals surface area contributed by atoms with Gasteiger partial charge in [0.15, 0.2) is 0 Å². The highest BCUT2D eigenvalue weighted by atomic mass is 14.9. The van der Waals surface area contributed by atoms with Gasteiger partial charge in [-0.1, -0.05) is 46.0 Å². The number of nitrogens with one attached hydrogen (secondary N) is 2. The molecule has 1 aliphatic rings. The van der Waals surface area contributed by atoms with Crippen LogP contribution < -0.4 is 16.4 Å². The van der Waals surface area contributed by atoms with E-state index in [9.17, 15) is 0 Å². The van der Waals surface area contributed by atoms with Crippen LogP contribution in [-0.4, -0.2) is 32.7 Å². The molecule has 1 aliphatic carbocycles. The summed E-state index contributed by atoms with van der Waals surface area (Å²) in [6.45, 7) is 7.72. The minimum Gasteiger partial charge on any atom is -0.330 e. The Morgan fingerprint density at radius 1 is 1.05 bits per heavy atom. The molecule has 0 saturated heterocycles. The number of nitrogens with two attached hydrogens (primary N) is 1. The maximum Gasteiger partial charge on any atom is 0.00644 e. The smallest absolute Gasteiger partial charge is 0.00644 e. The molecule has 21 heavy (non-hydrogen) atoms. The highest BCUT2D eigenvalue weighted by Crippen LogP contribution is 2.21. The number of hydrogen-bond donors (Lipinski definition) is 3. The molecule has 128 valence electrons. The molecule has 0 heterocycles. The molecule has 4 N–H and O–H groups in total. The van der Waals surface area contributed by atoms with Gasteiger partial charge >= 0.3 is 0 Å². The van der Waals surface area contributed by atoms with E-state index in [0.29, 0.717) is 0 Å². The Balaban J connectivity index is 0.000000423. The molecule has 0 spiro atoms. The van der Waals surface area contributed by atoms with Gasteiger partial charge in [0.05, 0.1) is 0 Å². The van der Waals surface area contributed by atoms with Crippen LogP contribution in [0, 0.1) is 5.92 Å². The van der Waals surface area contributed by atoms with Gasteiger partial charge in [-0.05, 0) is 64.7 Å². The molecule has 0 aliphatic heterocycles. The van der Waals surface area contributed by atoms with Crippen LogP contribution in [0.4, 0.5) is 0 Å². The first kappa shape index (κ1) is 20.9. The lowest BCUT2D eigenvalue weighted by atomic mass is 9.90. The van der Waals surface area contributed by atoms with E-state index in [1.165, 1.54) is 64.2 Å². The first-order chi connectivity index (χ1) is 10.3. The maximum atomic E-state index is 5.50. The lowest BCUT2D eigenvalue weighted by Crippen LogP contribution is -2.30. The van der Waals surface area contributed by atoms with Crippen LogP contribution in [0.5, 0.6) is 0 Å². The second-order valence-electron chi connectivity index (χ2n) is 6.40. The summed E-state index contributed by atoms with van der Waals surface area (Å²) in [5.41, 5.74) is 5.50. The average molecular weight is 300 g/mol. The fraction of sp³-hybridized carbons (Fsp3) is 1.00. The Morgan fingerprint density at radius 2 is 1.76 bits per heavy atom. The minimum absolute atomic E-state index is 0.747. The third-order valence-corrected chi connectivity index (χ3v) is 4.49. The predicted octanol–water partition coefficient (Wildman–Crippen LogP) is 3.68. The van der Waals surface area contributed by atoms with E-state index < -0.39 is 0 Å². The van der Waals surface area contributed by atoms with Crippen LogP contribution in [0.1, 0.15) is 78.1 Å². The fourth-order valence-corrected chi connectivity index (χ4v) is 2.90. The van der Waals surface area contributed by atoms with Crippen LogP contribution >= 0.6 is 0 Å². The molecule has 3 nitrogen and oxygen atoms in total. The summed E-state index contributed by atoms with van der Waals surface area (Å²) >= 11 is 0. The van der Waals surface area contributed by atoms with Crippen molar-refractivity contribution in [2.24, 2.45) is 11.7 Å². The topological polar surface area (TPSA) is 50.1 Å². The van der Waals surface area contributed by atoms with Gasteiger partial charge in [0.2, 0.25) is 0 Å². The summed E-state index contributed by atoms with van der Waals surface area (Å²) in [6.07, 6.45) is 13.6. The van der Waals surface area contributed by atoms with Crippen molar-refractivity contribution in [3.63, 3.8) is 0 Å². The van der Waals surface area contributed by atoms with E-state index in [4.69, 9.17) is 5.73 Å². The second kappa shape index (κ2) is 16.3. The zero-order valence-electron chi connectivity index (χ0n) is 14.9. The third kappa shape index (κ3) is 13.3. The van der Waals surface area contributed by atoms with Crippen molar-refractivity contribution >= 4 is 0 Å². The lowest BCUT2D eigenvalue weighted by Gasteiger charge is -2.18. The number of rotatable bonds is 10. The Morgan fingerprint density at radius 3 is 2.24 bits per heavy atom. The molecule has 1 rings (SSSR count). The summed E-state index contributed by atoms with van der Waals surface area (Å²) in [5, 5.41) is 6.76. The number of unbranched alkanes of at least 4 members (excludes halogenated alkanes) is 1. The summed E-state index contributed by atoms with van der Waals surface area (Å²) in [4.78, 5) is 0. The van der Waals surface area contributed by atoms with E-state index in [-0.39, 0.29) is 0 Å². The lowest BCUT2D eigenvalue weighted by molar-refractivity contribution is 0.366. The molecule has 1 fully saturated rings. The van der Waals surface area contributed by atoms with Crippen LogP contribution in [0.2, 0.25) is 0 Å². The maximum absolute atomic E-state index is 5.50. The molecule has 1 atom stereocenters. The van der Waals surface area contributed by atoms with Crippen molar-refractivity contribution in [2.45, 2.75) is 84.1 Å². The highest BCUT2D eigenvalue weighted by Gasteiger charge is 2.09. The summed E-state index contributed by atoms with van der Waals surface area (Å²) in [6, 6.07) is 0.747. The monoisotopic (exact) mass is 299 g/mol. The first-order valence-electron chi connectivity index (χ1n) is 9.36. The molecule has 0 radical (unpaired) electrons. The molecule has 0 amide bonds. The van der Waals surface area contributed by atoms with E-state index >= 15 is 0 Å². The molecule has 0 aromatic carbocycles.